The van der Waals surface area contributed by atoms with Gasteiger partial charge in [0.1, 0.15) is 11.5 Å². The van der Waals surface area contributed by atoms with Crippen molar-refractivity contribution in [3.05, 3.63) is 77.4 Å². The molecule has 1 aromatic carbocycles. The Kier molecular flexibility index (Phi) is 5.82. The van der Waals surface area contributed by atoms with E-state index < -0.39 is 0 Å². The fourth-order valence-electron chi connectivity index (χ4n) is 2.70. The van der Waals surface area contributed by atoms with Gasteiger partial charge in [-0.1, -0.05) is 32.9 Å². The van der Waals surface area contributed by atoms with E-state index in [4.69, 9.17) is 0 Å². The van der Waals surface area contributed by atoms with E-state index in [-0.39, 0.29) is 17.1 Å². The number of amides is 1. The minimum Gasteiger partial charge on any atom is -0.350 e. The van der Waals surface area contributed by atoms with Crippen molar-refractivity contribution >= 4 is 5.91 Å². The first kappa shape index (κ1) is 19.7. The van der Waals surface area contributed by atoms with E-state index in [0.717, 1.165) is 17.0 Å². The third kappa shape index (κ3) is 5.00. The van der Waals surface area contributed by atoms with Gasteiger partial charge in [0, 0.05) is 37.0 Å². The summed E-state index contributed by atoms with van der Waals surface area (Å²) < 4.78 is 14.8. The zero-order chi connectivity index (χ0) is 20.1. The number of hydrogen-bond acceptors (Lipinski definition) is 4. The van der Waals surface area contributed by atoms with Crippen molar-refractivity contribution < 1.29 is 9.18 Å². The first-order chi connectivity index (χ1) is 13.3. The molecule has 0 atom stereocenters. The van der Waals surface area contributed by atoms with Crippen LogP contribution in [0, 0.1) is 5.82 Å². The molecule has 1 amide bonds. The first-order valence-electron chi connectivity index (χ1n) is 9.19. The van der Waals surface area contributed by atoms with Crippen molar-refractivity contribution in [2.24, 2.45) is 0 Å². The summed E-state index contributed by atoms with van der Waals surface area (Å²) >= 11 is 0. The van der Waals surface area contributed by atoms with Crippen LogP contribution in [-0.2, 0) is 18.4 Å². The van der Waals surface area contributed by atoms with Crippen LogP contribution in [0.15, 0.2) is 48.9 Å². The Labute approximate surface area is 163 Å². The first-order valence-corrected chi connectivity index (χ1v) is 9.19. The van der Waals surface area contributed by atoms with E-state index in [1.807, 2.05) is 26.8 Å². The van der Waals surface area contributed by atoms with E-state index in [1.165, 1.54) is 12.1 Å². The molecule has 0 bridgehead atoms. The number of nitrogens with zero attached hydrogens (tertiary/aromatic N) is 4. The molecule has 3 aromatic rings. The Bertz CT molecular complexity index is 930. The van der Waals surface area contributed by atoms with Gasteiger partial charge in [0.2, 0.25) is 0 Å². The zero-order valence-corrected chi connectivity index (χ0v) is 16.3. The fraction of sp³-hybridized carbons (Fsp3) is 0.333. The smallest absolute Gasteiger partial charge is 0.269 e. The van der Waals surface area contributed by atoms with Crippen molar-refractivity contribution in [2.75, 3.05) is 6.54 Å². The van der Waals surface area contributed by atoms with E-state index in [2.05, 4.69) is 20.4 Å². The number of carbonyl (C=O) groups is 1. The summed E-state index contributed by atoms with van der Waals surface area (Å²) in [6, 6.07) is 8.03. The van der Waals surface area contributed by atoms with Crippen LogP contribution in [0.2, 0.25) is 0 Å². The van der Waals surface area contributed by atoms with Crippen LogP contribution in [0.4, 0.5) is 4.39 Å². The van der Waals surface area contributed by atoms with Gasteiger partial charge in [-0.25, -0.2) is 4.39 Å². The van der Waals surface area contributed by atoms with Crippen LogP contribution in [0.5, 0.6) is 0 Å². The molecule has 0 aliphatic rings. The summed E-state index contributed by atoms with van der Waals surface area (Å²) in [4.78, 5) is 21.0. The fourth-order valence-corrected chi connectivity index (χ4v) is 2.70. The standard InChI is InChI=1S/C21H24FN5O/c1-21(2,3)19-12-18(20(28)25-9-8-17-13-23-10-11-24-17)27(26-19)14-15-4-6-16(22)7-5-15/h4-7,10-13H,8-9,14H2,1-3H3,(H,25,28). The average Bonchev–Trinajstić information content (AvgIpc) is 3.09. The van der Waals surface area contributed by atoms with Gasteiger partial charge in [-0.3, -0.25) is 19.4 Å². The SMILES string of the molecule is CC(C)(C)c1cc(C(=O)NCCc2cnccn2)n(Cc2ccc(F)cc2)n1. The summed E-state index contributed by atoms with van der Waals surface area (Å²) in [6.07, 6.45) is 5.52. The summed E-state index contributed by atoms with van der Waals surface area (Å²) in [5, 5.41) is 7.55. The molecule has 0 unspecified atom stereocenters. The van der Waals surface area contributed by atoms with Crippen molar-refractivity contribution in [2.45, 2.75) is 39.2 Å². The Balaban J connectivity index is 1.76. The van der Waals surface area contributed by atoms with Crippen LogP contribution < -0.4 is 5.32 Å². The highest BCUT2D eigenvalue weighted by Gasteiger charge is 2.23. The Morgan fingerprint density at radius 2 is 1.93 bits per heavy atom. The van der Waals surface area contributed by atoms with E-state index in [9.17, 15) is 9.18 Å². The summed E-state index contributed by atoms with van der Waals surface area (Å²) in [5.41, 5.74) is 2.81. The van der Waals surface area contributed by atoms with Crippen LogP contribution in [0.25, 0.3) is 0 Å². The quantitative estimate of drug-likeness (QED) is 0.712. The van der Waals surface area contributed by atoms with Gasteiger partial charge in [-0.15, -0.1) is 0 Å². The van der Waals surface area contributed by atoms with Crippen LogP contribution >= 0.6 is 0 Å². The zero-order valence-electron chi connectivity index (χ0n) is 16.3. The number of benzene rings is 1. The van der Waals surface area contributed by atoms with Crippen molar-refractivity contribution in [3.63, 3.8) is 0 Å². The maximum atomic E-state index is 13.2. The van der Waals surface area contributed by atoms with Crippen LogP contribution in [0.1, 0.15) is 48.2 Å². The highest BCUT2D eigenvalue weighted by Crippen LogP contribution is 2.22. The van der Waals surface area contributed by atoms with Crippen molar-refractivity contribution in [1.29, 1.82) is 0 Å². The monoisotopic (exact) mass is 381 g/mol. The molecule has 2 heterocycles. The van der Waals surface area contributed by atoms with E-state index >= 15 is 0 Å². The molecule has 1 N–H and O–H groups in total. The van der Waals surface area contributed by atoms with Crippen molar-refractivity contribution in [1.82, 2.24) is 25.1 Å². The number of carbonyl (C=O) groups excluding carboxylic acids is 1. The van der Waals surface area contributed by atoms with Gasteiger partial charge in [0.15, 0.2) is 0 Å². The molecule has 0 saturated heterocycles. The molecular weight excluding hydrogens is 357 g/mol. The lowest BCUT2D eigenvalue weighted by Gasteiger charge is -2.14. The molecule has 3 rings (SSSR count). The third-order valence-electron chi connectivity index (χ3n) is 4.31. The lowest BCUT2D eigenvalue weighted by Crippen LogP contribution is -2.28. The largest absolute Gasteiger partial charge is 0.350 e. The minimum absolute atomic E-state index is 0.192. The lowest BCUT2D eigenvalue weighted by atomic mass is 9.92. The van der Waals surface area contributed by atoms with Crippen molar-refractivity contribution in [3.8, 4) is 0 Å². The number of aromatic nitrogens is 4. The second-order valence-corrected chi connectivity index (χ2v) is 7.65. The van der Waals surface area contributed by atoms with Gasteiger partial charge in [-0.2, -0.15) is 5.10 Å². The van der Waals surface area contributed by atoms with Gasteiger partial charge in [-0.05, 0) is 23.8 Å². The van der Waals surface area contributed by atoms with Gasteiger partial charge >= 0.3 is 0 Å². The molecule has 7 heteroatoms. The summed E-state index contributed by atoms with van der Waals surface area (Å²) in [6.45, 7) is 6.99. The Morgan fingerprint density at radius 1 is 1.18 bits per heavy atom. The number of rotatable bonds is 6. The average molecular weight is 381 g/mol. The molecule has 0 fully saturated rings. The lowest BCUT2D eigenvalue weighted by molar-refractivity contribution is 0.0944. The molecule has 2 aromatic heterocycles. The predicted molar refractivity (Wildman–Crippen MR) is 104 cm³/mol. The van der Waals surface area contributed by atoms with Gasteiger partial charge in [0.05, 0.1) is 17.9 Å². The molecule has 0 aliphatic heterocycles. The second kappa shape index (κ2) is 8.29. The highest BCUT2D eigenvalue weighted by atomic mass is 19.1. The molecule has 146 valence electrons. The minimum atomic E-state index is -0.290. The third-order valence-corrected chi connectivity index (χ3v) is 4.31. The summed E-state index contributed by atoms with van der Waals surface area (Å²) in [5.74, 6) is -0.490. The normalized spacial score (nSPS) is 11.4. The topological polar surface area (TPSA) is 72.7 Å². The number of halogens is 1. The molecule has 0 saturated carbocycles. The molecule has 0 radical (unpaired) electrons. The molecule has 0 aliphatic carbocycles. The maximum Gasteiger partial charge on any atom is 0.269 e. The second-order valence-electron chi connectivity index (χ2n) is 7.65. The van der Waals surface area contributed by atoms with Gasteiger partial charge < -0.3 is 5.32 Å². The predicted octanol–water partition coefficient (Wildman–Crippen LogP) is 3.13. The molecular formula is C21H24FN5O. The van der Waals surface area contributed by atoms with Crippen LogP contribution in [0.3, 0.4) is 0 Å². The molecule has 0 spiro atoms. The van der Waals surface area contributed by atoms with Gasteiger partial charge in [0.25, 0.3) is 5.91 Å². The van der Waals surface area contributed by atoms with Crippen LogP contribution in [-0.4, -0.2) is 32.2 Å². The highest BCUT2D eigenvalue weighted by molar-refractivity contribution is 5.92. The summed E-state index contributed by atoms with van der Waals surface area (Å²) in [7, 11) is 0. The Morgan fingerprint density at radius 3 is 2.57 bits per heavy atom. The molecule has 6 nitrogen and oxygen atoms in total. The number of nitrogens with one attached hydrogen (secondary N) is 1. The van der Waals surface area contributed by atoms with E-state index in [1.54, 1.807) is 35.4 Å². The molecule has 28 heavy (non-hydrogen) atoms. The Hall–Kier alpha value is -3.09. The maximum absolute atomic E-state index is 13.2. The number of hydrogen-bond donors (Lipinski definition) is 1. The van der Waals surface area contributed by atoms with E-state index in [0.29, 0.717) is 25.2 Å².